The van der Waals surface area contributed by atoms with Crippen molar-refractivity contribution in [1.82, 2.24) is 15.3 Å². The molecule has 2 atom stereocenters. The van der Waals surface area contributed by atoms with Gasteiger partial charge in [0.2, 0.25) is 5.56 Å². The number of aromatic nitrogens is 2. The molecule has 8 heteroatoms. The normalized spacial score (nSPS) is 19.9. The Morgan fingerprint density at radius 2 is 2.26 bits per heavy atom. The van der Waals surface area contributed by atoms with Crippen molar-refractivity contribution in [2.75, 3.05) is 13.2 Å². The molecule has 0 radical (unpaired) electrons. The summed E-state index contributed by atoms with van der Waals surface area (Å²) in [7, 11) is 0. The number of aromatic amines is 1. The minimum atomic E-state index is -0.735. The van der Waals surface area contributed by atoms with Crippen LogP contribution in [0.25, 0.3) is 11.1 Å². The summed E-state index contributed by atoms with van der Waals surface area (Å²) in [5.74, 6) is -0.355. The molecule has 1 aliphatic rings. The Labute approximate surface area is 154 Å². The summed E-state index contributed by atoms with van der Waals surface area (Å²) >= 11 is 0. The fourth-order valence-electron chi connectivity index (χ4n) is 3.18. The number of H-pyrrole nitrogens is 1. The van der Waals surface area contributed by atoms with Gasteiger partial charge in [-0.25, -0.2) is 4.98 Å². The standard InChI is InChI=1S/C19H19N3O5/c23-16-10-26-5-3-13(16)22-19(25)15-8-12(18-14(21-15)4-6-27-18)7-11-1-2-17(24)20-9-11/h1-2,4,6,8-9,13,16,23H,3,5,7,10H2,(H,20,24)(H,22,25)/t13-,16-/m0/s1. The Bertz CT molecular complexity index is 1010. The second-order valence-corrected chi connectivity index (χ2v) is 6.55. The van der Waals surface area contributed by atoms with Gasteiger partial charge >= 0.3 is 0 Å². The molecule has 3 aromatic heterocycles. The van der Waals surface area contributed by atoms with Crippen molar-refractivity contribution in [2.24, 2.45) is 0 Å². The molecule has 0 spiro atoms. The maximum Gasteiger partial charge on any atom is 0.270 e. The second kappa shape index (κ2) is 7.34. The van der Waals surface area contributed by atoms with Crippen molar-refractivity contribution >= 4 is 17.0 Å². The lowest BCUT2D eigenvalue weighted by atomic mass is 10.0. The van der Waals surface area contributed by atoms with Gasteiger partial charge in [-0.3, -0.25) is 9.59 Å². The molecular weight excluding hydrogens is 350 g/mol. The molecule has 1 amide bonds. The zero-order chi connectivity index (χ0) is 18.8. The van der Waals surface area contributed by atoms with Gasteiger partial charge in [-0.1, -0.05) is 6.07 Å². The number of amides is 1. The Morgan fingerprint density at radius 1 is 1.37 bits per heavy atom. The number of hydrogen-bond donors (Lipinski definition) is 3. The van der Waals surface area contributed by atoms with Crippen LogP contribution in [-0.2, 0) is 11.2 Å². The first-order valence-electron chi connectivity index (χ1n) is 8.71. The number of pyridine rings is 2. The number of carbonyl (C=O) groups excluding carboxylic acids is 1. The molecule has 0 saturated carbocycles. The first kappa shape index (κ1) is 17.4. The quantitative estimate of drug-likeness (QED) is 0.631. The minimum absolute atomic E-state index is 0.174. The van der Waals surface area contributed by atoms with E-state index in [0.717, 1.165) is 11.1 Å². The maximum absolute atomic E-state index is 12.7. The predicted molar refractivity (Wildman–Crippen MR) is 96.6 cm³/mol. The van der Waals surface area contributed by atoms with Crippen molar-refractivity contribution in [1.29, 1.82) is 0 Å². The molecule has 0 unspecified atom stereocenters. The van der Waals surface area contributed by atoms with Gasteiger partial charge in [-0.05, 0) is 18.1 Å². The fraction of sp³-hybridized carbons (Fsp3) is 0.316. The molecule has 0 aliphatic carbocycles. The van der Waals surface area contributed by atoms with Gasteiger partial charge in [0.05, 0.1) is 25.0 Å². The predicted octanol–water partition coefficient (Wildman–Crippen LogP) is 0.986. The second-order valence-electron chi connectivity index (χ2n) is 6.55. The summed E-state index contributed by atoms with van der Waals surface area (Å²) in [5.41, 5.74) is 2.92. The van der Waals surface area contributed by atoms with Crippen LogP contribution < -0.4 is 10.9 Å². The van der Waals surface area contributed by atoms with E-state index in [2.05, 4.69) is 15.3 Å². The van der Waals surface area contributed by atoms with Gasteiger partial charge in [0.1, 0.15) is 11.2 Å². The average Bonchev–Trinajstić information content (AvgIpc) is 3.14. The van der Waals surface area contributed by atoms with Gasteiger partial charge in [-0.2, -0.15) is 0 Å². The van der Waals surface area contributed by atoms with Crippen LogP contribution in [0.5, 0.6) is 0 Å². The number of fused-ring (bicyclic) bond motifs is 1. The highest BCUT2D eigenvalue weighted by Crippen LogP contribution is 2.22. The maximum atomic E-state index is 12.7. The number of hydrogen-bond acceptors (Lipinski definition) is 6. The molecule has 4 rings (SSSR count). The highest BCUT2D eigenvalue weighted by molar-refractivity contribution is 5.95. The summed E-state index contributed by atoms with van der Waals surface area (Å²) < 4.78 is 10.7. The number of nitrogens with zero attached hydrogens (tertiary/aromatic N) is 1. The van der Waals surface area contributed by atoms with Crippen LogP contribution in [0.2, 0.25) is 0 Å². The van der Waals surface area contributed by atoms with Crippen molar-refractivity contribution in [3.05, 3.63) is 63.9 Å². The van der Waals surface area contributed by atoms with Crippen LogP contribution >= 0.6 is 0 Å². The van der Waals surface area contributed by atoms with Gasteiger partial charge in [0.25, 0.3) is 5.91 Å². The lowest BCUT2D eigenvalue weighted by Crippen LogP contribution is -2.48. The number of carbonyl (C=O) groups is 1. The Balaban J connectivity index is 1.62. The summed E-state index contributed by atoms with van der Waals surface area (Å²) in [6.07, 6.45) is 3.45. The van der Waals surface area contributed by atoms with E-state index in [9.17, 15) is 14.7 Å². The molecule has 3 N–H and O–H groups in total. The van der Waals surface area contributed by atoms with Crippen LogP contribution in [-0.4, -0.2) is 46.3 Å². The summed E-state index contributed by atoms with van der Waals surface area (Å²) in [4.78, 5) is 30.9. The van der Waals surface area contributed by atoms with Crippen molar-refractivity contribution < 1.29 is 19.1 Å². The molecule has 4 heterocycles. The third-order valence-electron chi connectivity index (χ3n) is 4.61. The first-order chi connectivity index (χ1) is 13.1. The molecular formula is C19H19N3O5. The van der Waals surface area contributed by atoms with E-state index < -0.39 is 6.10 Å². The third kappa shape index (κ3) is 3.76. The van der Waals surface area contributed by atoms with E-state index in [4.69, 9.17) is 9.15 Å². The molecule has 8 nitrogen and oxygen atoms in total. The highest BCUT2D eigenvalue weighted by Gasteiger charge is 2.26. The van der Waals surface area contributed by atoms with Crippen LogP contribution in [0.4, 0.5) is 0 Å². The topological polar surface area (TPSA) is 117 Å². The SMILES string of the molecule is O=C(N[C@H]1CCOC[C@@H]1O)c1cc(Cc2ccc(=O)[nH]c2)c2occc2n1. The van der Waals surface area contributed by atoms with Gasteiger partial charge < -0.3 is 24.6 Å². The van der Waals surface area contributed by atoms with E-state index >= 15 is 0 Å². The monoisotopic (exact) mass is 369 g/mol. The van der Waals surface area contributed by atoms with E-state index in [1.165, 1.54) is 12.3 Å². The van der Waals surface area contributed by atoms with E-state index in [1.807, 2.05) is 0 Å². The number of furan rings is 1. The zero-order valence-electron chi connectivity index (χ0n) is 14.5. The van der Waals surface area contributed by atoms with Crippen molar-refractivity contribution in [3.63, 3.8) is 0 Å². The molecule has 140 valence electrons. The van der Waals surface area contributed by atoms with Crippen LogP contribution in [0.15, 0.2) is 45.9 Å². The van der Waals surface area contributed by atoms with Gasteiger partial charge in [-0.15, -0.1) is 0 Å². The third-order valence-corrected chi connectivity index (χ3v) is 4.61. The van der Waals surface area contributed by atoms with E-state index in [0.29, 0.717) is 30.5 Å². The number of nitrogens with one attached hydrogen (secondary N) is 2. The zero-order valence-corrected chi connectivity index (χ0v) is 14.5. The minimum Gasteiger partial charge on any atom is -0.462 e. The number of rotatable bonds is 4. The largest absolute Gasteiger partial charge is 0.462 e. The Hall–Kier alpha value is -2.97. The number of aliphatic hydroxyl groups is 1. The van der Waals surface area contributed by atoms with Gasteiger partial charge in [0, 0.05) is 36.9 Å². The highest BCUT2D eigenvalue weighted by atomic mass is 16.5. The Kier molecular flexibility index (Phi) is 4.74. The Morgan fingerprint density at radius 3 is 3.04 bits per heavy atom. The van der Waals surface area contributed by atoms with Crippen LogP contribution in [0.1, 0.15) is 28.0 Å². The molecule has 0 bridgehead atoms. The average molecular weight is 369 g/mol. The van der Waals surface area contributed by atoms with Crippen LogP contribution in [0.3, 0.4) is 0 Å². The fourth-order valence-corrected chi connectivity index (χ4v) is 3.18. The van der Waals surface area contributed by atoms with E-state index in [1.54, 1.807) is 24.4 Å². The lowest BCUT2D eigenvalue weighted by Gasteiger charge is -2.28. The molecule has 1 saturated heterocycles. The summed E-state index contributed by atoms with van der Waals surface area (Å²) in [6.45, 7) is 0.699. The van der Waals surface area contributed by atoms with Crippen LogP contribution in [0, 0.1) is 0 Å². The summed E-state index contributed by atoms with van der Waals surface area (Å²) in [6, 6.07) is 6.20. The molecule has 3 aromatic rings. The molecule has 27 heavy (non-hydrogen) atoms. The van der Waals surface area contributed by atoms with Gasteiger partial charge in [0.15, 0.2) is 5.58 Å². The molecule has 1 fully saturated rings. The van der Waals surface area contributed by atoms with Crippen molar-refractivity contribution in [2.45, 2.75) is 25.0 Å². The first-order valence-corrected chi connectivity index (χ1v) is 8.71. The lowest BCUT2D eigenvalue weighted by molar-refractivity contribution is -0.0261. The smallest absolute Gasteiger partial charge is 0.270 e. The van der Waals surface area contributed by atoms with E-state index in [-0.39, 0.29) is 29.8 Å². The summed E-state index contributed by atoms with van der Waals surface area (Å²) in [5, 5.41) is 12.8. The molecule has 1 aliphatic heterocycles. The number of aliphatic hydroxyl groups excluding tert-OH is 1. The van der Waals surface area contributed by atoms with Crippen molar-refractivity contribution in [3.8, 4) is 0 Å². The molecule has 0 aromatic carbocycles. The number of ether oxygens (including phenoxy) is 1.